The van der Waals surface area contributed by atoms with Gasteiger partial charge in [0.2, 0.25) is 0 Å². The molecule has 2 rings (SSSR count). The Bertz CT molecular complexity index is 510. The SMILES string of the molecule is COc1cccc(OC[C@H]2CCN(C(=O)OC(C)(C)C)C2)c1. The predicted octanol–water partition coefficient (Wildman–Crippen LogP) is 3.33. The highest BCUT2D eigenvalue weighted by Gasteiger charge is 2.30. The fourth-order valence-corrected chi connectivity index (χ4v) is 2.37. The molecular formula is C17H25NO4. The lowest BCUT2D eigenvalue weighted by molar-refractivity contribution is 0.0285. The third kappa shape index (κ3) is 4.83. The summed E-state index contributed by atoms with van der Waals surface area (Å²) >= 11 is 0. The van der Waals surface area contributed by atoms with Crippen molar-refractivity contribution in [3.8, 4) is 11.5 Å². The summed E-state index contributed by atoms with van der Waals surface area (Å²) in [7, 11) is 1.63. The molecule has 122 valence electrons. The Kier molecular flexibility index (Phi) is 5.16. The highest BCUT2D eigenvalue weighted by molar-refractivity contribution is 5.68. The summed E-state index contributed by atoms with van der Waals surface area (Å²) in [5, 5.41) is 0. The van der Waals surface area contributed by atoms with Gasteiger partial charge in [-0.05, 0) is 39.3 Å². The van der Waals surface area contributed by atoms with Crippen LogP contribution in [0.5, 0.6) is 11.5 Å². The third-order valence-corrected chi connectivity index (χ3v) is 3.46. The number of methoxy groups -OCH3 is 1. The summed E-state index contributed by atoms with van der Waals surface area (Å²) < 4.78 is 16.4. The zero-order valence-corrected chi connectivity index (χ0v) is 13.8. The average molecular weight is 307 g/mol. The van der Waals surface area contributed by atoms with E-state index < -0.39 is 5.60 Å². The number of hydrogen-bond acceptors (Lipinski definition) is 4. The second kappa shape index (κ2) is 6.90. The number of rotatable bonds is 4. The molecular weight excluding hydrogens is 282 g/mol. The Balaban J connectivity index is 1.80. The van der Waals surface area contributed by atoms with Crippen molar-refractivity contribution in [2.75, 3.05) is 26.8 Å². The van der Waals surface area contributed by atoms with E-state index in [1.807, 2.05) is 45.0 Å². The minimum atomic E-state index is -0.452. The third-order valence-electron chi connectivity index (χ3n) is 3.46. The van der Waals surface area contributed by atoms with Crippen LogP contribution in [-0.2, 0) is 4.74 Å². The molecule has 0 saturated carbocycles. The minimum absolute atomic E-state index is 0.239. The zero-order chi connectivity index (χ0) is 16.2. The lowest BCUT2D eigenvalue weighted by Gasteiger charge is -2.24. The number of hydrogen-bond donors (Lipinski definition) is 0. The van der Waals surface area contributed by atoms with Crippen LogP contribution >= 0.6 is 0 Å². The van der Waals surface area contributed by atoms with Crippen molar-refractivity contribution < 1.29 is 19.0 Å². The molecule has 5 heteroatoms. The molecule has 0 unspecified atom stereocenters. The molecule has 0 spiro atoms. The van der Waals surface area contributed by atoms with Crippen LogP contribution in [0, 0.1) is 5.92 Å². The van der Waals surface area contributed by atoms with Crippen LogP contribution in [0.3, 0.4) is 0 Å². The van der Waals surface area contributed by atoms with E-state index in [2.05, 4.69) is 0 Å². The molecule has 0 N–H and O–H groups in total. The van der Waals surface area contributed by atoms with Gasteiger partial charge in [0.1, 0.15) is 17.1 Å². The second-order valence-electron chi connectivity index (χ2n) is 6.57. The highest BCUT2D eigenvalue weighted by atomic mass is 16.6. The molecule has 1 atom stereocenters. The molecule has 0 radical (unpaired) electrons. The van der Waals surface area contributed by atoms with Crippen LogP contribution in [0.2, 0.25) is 0 Å². The van der Waals surface area contributed by atoms with Gasteiger partial charge in [-0.25, -0.2) is 4.79 Å². The predicted molar refractivity (Wildman–Crippen MR) is 84.4 cm³/mol. The fraction of sp³-hybridized carbons (Fsp3) is 0.588. The molecule has 1 saturated heterocycles. The molecule has 0 aliphatic carbocycles. The van der Waals surface area contributed by atoms with Gasteiger partial charge >= 0.3 is 6.09 Å². The maximum absolute atomic E-state index is 12.0. The first kappa shape index (κ1) is 16.5. The van der Waals surface area contributed by atoms with E-state index in [1.165, 1.54) is 0 Å². The monoisotopic (exact) mass is 307 g/mol. The Hall–Kier alpha value is -1.91. The minimum Gasteiger partial charge on any atom is -0.497 e. The van der Waals surface area contributed by atoms with Crippen LogP contribution < -0.4 is 9.47 Å². The van der Waals surface area contributed by atoms with Crippen molar-refractivity contribution in [1.29, 1.82) is 0 Å². The quantitative estimate of drug-likeness (QED) is 0.856. The lowest BCUT2D eigenvalue weighted by atomic mass is 10.1. The maximum atomic E-state index is 12.0. The van der Waals surface area contributed by atoms with Crippen molar-refractivity contribution in [3.05, 3.63) is 24.3 Å². The highest BCUT2D eigenvalue weighted by Crippen LogP contribution is 2.23. The number of benzene rings is 1. The Labute approximate surface area is 132 Å². The van der Waals surface area contributed by atoms with Gasteiger partial charge < -0.3 is 19.1 Å². The van der Waals surface area contributed by atoms with E-state index in [-0.39, 0.29) is 6.09 Å². The Morgan fingerprint density at radius 3 is 2.73 bits per heavy atom. The summed E-state index contributed by atoms with van der Waals surface area (Å²) in [6.07, 6.45) is 0.694. The van der Waals surface area contributed by atoms with Crippen LogP contribution in [-0.4, -0.2) is 43.4 Å². The molecule has 0 bridgehead atoms. The van der Waals surface area contributed by atoms with Gasteiger partial charge in [-0.3, -0.25) is 0 Å². The van der Waals surface area contributed by atoms with E-state index >= 15 is 0 Å². The first-order chi connectivity index (χ1) is 10.4. The average Bonchev–Trinajstić information content (AvgIpc) is 2.92. The zero-order valence-electron chi connectivity index (χ0n) is 13.8. The van der Waals surface area contributed by atoms with E-state index in [0.29, 0.717) is 19.1 Å². The fourth-order valence-electron chi connectivity index (χ4n) is 2.37. The van der Waals surface area contributed by atoms with Crippen LogP contribution in [0.4, 0.5) is 4.79 Å². The summed E-state index contributed by atoms with van der Waals surface area (Å²) in [6.45, 7) is 7.63. The van der Waals surface area contributed by atoms with E-state index in [9.17, 15) is 4.79 Å². The van der Waals surface area contributed by atoms with Crippen molar-refractivity contribution in [2.24, 2.45) is 5.92 Å². The molecule has 1 aliphatic heterocycles. The van der Waals surface area contributed by atoms with Gasteiger partial charge in [-0.2, -0.15) is 0 Å². The van der Waals surface area contributed by atoms with E-state index in [1.54, 1.807) is 12.0 Å². The lowest BCUT2D eigenvalue weighted by Crippen LogP contribution is -2.35. The van der Waals surface area contributed by atoms with Crippen LogP contribution in [0.1, 0.15) is 27.2 Å². The molecule has 22 heavy (non-hydrogen) atoms. The van der Waals surface area contributed by atoms with Gasteiger partial charge in [-0.15, -0.1) is 0 Å². The second-order valence-corrected chi connectivity index (χ2v) is 6.57. The molecule has 1 heterocycles. The first-order valence-corrected chi connectivity index (χ1v) is 7.62. The van der Waals surface area contributed by atoms with Crippen molar-refractivity contribution in [2.45, 2.75) is 32.8 Å². The topological polar surface area (TPSA) is 48.0 Å². The first-order valence-electron chi connectivity index (χ1n) is 7.62. The van der Waals surface area contributed by atoms with E-state index in [0.717, 1.165) is 24.5 Å². The standard InChI is InChI=1S/C17H25NO4/c1-17(2,3)22-16(19)18-9-8-13(11-18)12-21-15-7-5-6-14(10-15)20-4/h5-7,10,13H,8-9,11-12H2,1-4H3/t13-/m0/s1. The molecule has 1 aliphatic rings. The largest absolute Gasteiger partial charge is 0.497 e. The summed E-state index contributed by atoms with van der Waals surface area (Å²) in [6, 6.07) is 7.55. The summed E-state index contributed by atoms with van der Waals surface area (Å²) in [4.78, 5) is 13.8. The normalized spacial score (nSPS) is 18.2. The summed E-state index contributed by atoms with van der Waals surface area (Å²) in [5.41, 5.74) is -0.452. The number of nitrogens with zero attached hydrogens (tertiary/aromatic N) is 1. The van der Waals surface area contributed by atoms with Crippen LogP contribution in [0.15, 0.2) is 24.3 Å². The molecule has 1 aromatic rings. The smallest absolute Gasteiger partial charge is 0.410 e. The Morgan fingerprint density at radius 1 is 1.32 bits per heavy atom. The van der Waals surface area contributed by atoms with Crippen LogP contribution in [0.25, 0.3) is 0 Å². The molecule has 0 aromatic heterocycles. The molecule has 5 nitrogen and oxygen atoms in total. The van der Waals surface area contributed by atoms with Gasteiger partial charge in [0, 0.05) is 25.1 Å². The molecule has 1 fully saturated rings. The number of ether oxygens (including phenoxy) is 3. The number of carbonyl (C=O) groups is 1. The van der Waals surface area contributed by atoms with Gasteiger partial charge in [0.05, 0.1) is 13.7 Å². The van der Waals surface area contributed by atoms with E-state index in [4.69, 9.17) is 14.2 Å². The number of amides is 1. The maximum Gasteiger partial charge on any atom is 0.410 e. The molecule has 1 amide bonds. The molecule has 1 aromatic carbocycles. The van der Waals surface area contributed by atoms with Crippen molar-refractivity contribution in [1.82, 2.24) is 4.90 Å². The number of carbonyl (C=O) groups excluding carboxylic acids is 1. The van der Waals surface area contributed by atoms with Gasteiger partial charge in [-0.1, -0.05) is 6.07 Å². The van der Waals surface area contributed by atoms with Crippen molar-refractivity contribution in [3.63, 3.8) is 0 Å². The van der Waals surface area contributed by atoms with Crippen molar-refractivity contribution >= 4 is 6.09 Å². The Morgan fingerprint density at radius 2 is 2.05 bits per heavy atom. The van der Waals surface area contributed by atoms with Gasteiger partial charge in [0.15, 0.2) is 0 Å². The number of likely N-dealkylation sites (tertiary alicyclic amines) is 1. The summed E-state index contributed by atoms with van der Waals surface area (Å²) in [5.74, 6) is 1.90. The van der Waals surface area contributed by atoms with Gasteiger partial charge in [0.25, 0.3) is 0 Å².